The van der Waals surface area contributed by atoms with Gasteiger partial charge in [0.05, 0.1) is 0 Å². The normalized spacial score (nSPS) is 7.88. The minimum absolute atomic E-state index is 0. The second kappa shape index (κ2) is 22.8. The van der Waals surface area contributed by atoms with Gasteiger partial charge in [-0.25, -0.2) is 0 Å². The van der Waals surface area contributed by atoms with Crippen LogP contribution >= 0.6 is 0 Å². The SMILES string of the molecule is C[CH2][Al]([CH2]C)[CH2]C.C[CH2][Al]([CH2]C)[CH2]C.[F-].[K+]. The second-order valence-electron chi connectivity index (χ2n) is 4.18. The second-order valence-corrected chi connectivity index (χ2v) is 12.5. The summed E-state index contributed by atoms with van der Waals surface area (Å²) in [5, 5.41) is 8.96. The van der Waals surface area contributed by atoms with E-state index in [1.807, 2.05) is 0 Å². The van der Waals surface area contributed by atoms with Crippen LogP contribution in [-0.2, 0) is 0 Å². The van der Waals surface area contributed by atoms with Gasteiger partial charge in [0, 0.05) is 0 Å². The molecule has 0 rings (SSSR count). The third-order valence-corrected chi connectivity index (χ3v) is 10.4. The zero-order valence-electron chi connectivity index (χ0n) is 12.8. The Hall–Kier alpha value is 2.63. The van der Waals surface area contributed by atoms with E-state index in [1.54, 1.807) is 0 Å². The molecule has 0 spiro atoms. The minimum atomic E-state index is -0.171. The molecule has 0 amide bonds. The molecular weight excluding hydrogens is 256 g/mol. The van der Waals surface area contributed by atoms with Crippen molar-refractivity contribution in [3.63, 3.8) is 0 Å². The summed E-state index contributed by atoms with van der Waals surface area (Å²) in [4.78, 5) is 0. The Bertz CT molecular complexity index is 74.0. The first-order valence-electron chi connectivity index (χ1n) is 6.69. The van der Waals surface area contributed by atoms with E-state index in [9.17, 15) is 0 Å². The molecule has 0 aliphatic heterocycles. The van der Waals surface area contributed by atoms with Gasteiger partial charge in [0.1, 0.15) is 0 Å². The third kappa shape index (κ3) is 19.0. The van der Waals surface area contributed by atoms with E-state index in [0.717, 1.165) is 0 Å². The maximum absolute atomic E-state index is 2.32. The smallest absolute Gasteiger partial charge is 1.00 e. The average Bonchev–Trinajstić information content (AvgIpc) is 2.24. The zero-order chi connectivity index (χ0) is 11.4. The van der Waals surface area contributed by atoms with E-state index in [4.69, 9.17) is 0 Å². The van der Waals surface area contributed by atoms with E-state index in [2.05, 4.69) is 41.5 Å². The van der Waals surface area contributed by atoms with Gasteiger partial charge in [0.15, 0.2) is 0 Å². The van der Waals surface area contributed by atoms with Crippen LogP contribution in [0.5, 0.6) is 0 Å². The molecule has 0 radical (unpaired) electrons. The molecule has 0 aromatic carbocycles. The van der Waals surface area contributed by atoms with Gasteiger partial charge < -0.3 is 4.70 Å². The Morgan fingerprint density at radius 2 is 0.625 bits per heavy atom. The van der Waals surface area contributed by atoms with Crippen LogP contribution in [0.4, 0.5) is 0 Å². The van der Waals surface area contributed by atoms with E-state index in [1.165, 1.54) is 31.7 Å². The molecule has 0 aliphatic rings. The van der Waals surface area contributed by atoms with Crippen molar-refractivity contribution >= 4 is 28.3 Å². The largest absolute Gasteiger partial charge is 1.00 e. The number of hydrogen-bond acceptors (Lipinski definition) is 0. The summed E-state index contributed by atoms with van der Waals surface area (Å²) in [5.74, 6) is 0. The monoisotopic (exact) mass is 286 g/mol. The Morgan fingerprint density at radius 1 is 0.500 bits per heavy atom. The first-order chi connectivity index (χ1) is 6.69. The average molecular weight is 286 g/mol. The van der Waals surface area contributed by atoms with Gasteiger partial charge in [-0.3, -0.25) is 0 Å². The van der Waals surface area contributed by atoms with Crippen molar-refractivity contribution < 1.29 is 56.1 Å². The van der Waals surface area contributed by atoms with Crippen LogP contribution in [0.1, 0.15) is 41.5 Å². The minimum Gasteiger partial charge on any atom is -1.00 e. The van der Waals surface area contributed by atoms with E-state index in [0.29, 0.717) is 0 Å². The maximum Gasteiger partial charge on any atom is 1.00 e. The fourth-order valence-electron chi connectivity index (χ4n) is 1.73. The number of halogens is 1. The number of hydrogen-bond donors (Lipinski definition) is 0. The van der Waals surface area contributed by atoms with Crippen LogP contribution in [0.25, 0.3) is 0 Å². The molecule has 0 atom stereocenters. The molecule has 0 heterocycles. The first kappa shape index (κ1) is 27.1. The first-order valence-corrected chi connectivity index (χ1v) is 11.6. The van der Waals surface area contributed by atoms with Crippen LogP contribution in [0, 0.1) is 0 Å². The Kier molecular flexibility index (Phi) is 38.5. The van der Waals surface area contributed by atoms with Crippen molar-refractivity contribution in [2.24, 2.45) is 0 Å². The Labute approximate surface area is 155 Å². The molecule has 0 fully saturated rings. The van der Waals surface area contributed by atoms with Crippen LogP contribution in [0.2, 0.25) is 31.7 Å². The van der Waals surface area contributed by atoms with Crippen molar-refractivity contribution in [3.8, 4) is 0 Å². The Balaban J connectivity index is -0.0000000800. The van der Waals surface area contributed by atoms with E-state index < -0.39 is 0 Å². The summed E-state index contributed by atoms with van der Waals surface area (Å²) < 4.78 is 0. The molecule has 0 unspecified atom stereocenters. The molecule has 0 aromatic rings. The van der Waals surface area contributed by atoms with E-state index in [-0.39, 0.29) is 84.4 Å². The summed E-state index contributed by atoms with van der Waals surface area (Å²) in [5.41, 5.74) is 0. The molecule has 0 bridgehead atoms. The van der Waals surface area contributed by atoms with Crippen molar-refractivity contribution in [1.82, 2.24) is 0 Å². The molecule has 0 aliphatic carbocycles. The van der Waals surface area contributed by atoms with Crippen LogP contribution in [0.15, 0.2) is 0 Å². The predicted octanol–water partition coefficient (Wildman–Crippen LogP) is -0.910. The third-order valence-electron chi connectivity index (χ3n) is 3.46. The van der Waals surface area contributed by atoms with Crippen LogP contribution in [0.3, 0.4) is 0 Å². The molecule has 4 heteroatoms. The molecule has 0 aromatic heterocycles. The van der Waals surface area contributed by atoms with Gasteiger partial charge in [-0.05, 0) is 0 Å². The van der Waals surface area contributed by atoms with Gasteiger partial charge in [0.2, 0.25) is 0 Å². The van der Waals surface area contributed by atoms with Crippen LogP contribution < -0.4 is 56.1 Å². The van der Waals surface area contributed by atoms with Gasteiger partial charge in [-0.15, -0.1) is 0 Å². The van der Waals surface area contributed by atoms with E-state index >= 15 is 0 Å². The van der Waals surface area contributed by atoms with Gasteiger partial charge in [-0.1, -0.05) is 73.2 Å². The topological polar surface area (TPSA) is 0 Å². The fraction of sp³-hybridized carbons (Fsp3) is 1.00. The molecule has 0 nitrogen and oxygen atoms in total. The summed E-state index contributed by atoms with van der Waals surface area (Å²) in [6.45, 7) is 13.9. The van der Waals surface area contributed by atoms with Crippen molar-refractivity contribution in [2.75, 3.05) is 0 Å². The Morgan fingerprint density at radius 3 is 0.625 bits per heavy atom. The standard InChI is InChI=1S/6C2H5.2Al.FH.K/c6*1-2;;;;/h6*1H2,2H3;;;1H;/q;;;;;;;;;+1/p-1. The molecule has 92 valence electrons. The zero-order valence-corrected chi connectivity index (χ0v) is 18.2. The molecule has 0 saturated carbocycles. The number of rotatable bonds is 6. The van der Waals surface area contributed by atoms with Gasteiger partial charge in [-0.2, -0.15) is 0 Å². The molecule has 0 saturated heterocycles. The summed E-state index contributed by atoms with van der Waals surface area (Å²) >= 11 is -0.343. The maximum atomic E-state index is 2.32. The molecule has 16 heavy (non-hydrogen) atoms. The van der Waals surface area contributed by atoms with Crippen molar-refractivity contribution in [1.29, 1.82) is 0 Å². The quantitative estimate of drug-likeness (QED) is 0.555. The van der Waals surface area contributed by atoms with Crippen molar-refractivity contribution in [3.05, 3.63) is 0 Å². The summed E-state index contributed by atoms with van der Waals surface area (Å²) in [7, 11) is 0. The van der Waals surface area contributed by atoms with Crippen LogP contribution in [-0.4, -0.2) is 28.3 Å². The van der Waals surface area contributed by atoms with Crippen molar-refractivity contribution in [2.45, 2.75) is 73.2 Å². The predicted molar refractivity (Wildman–Crippen MR) is 74.4 cm³/mol. The summed E-state index contributed by atoms with van der Waals surface area (Å²) in [6, 6.07) is 0. The van der Waals surface area contributed by atoms with Gasteiger partial charge >= 0.3 is 51.4 Å². The molecule has 0 N–H and O–H groups in total. The molecular formula is C12H30Al2FK. The van der Waals surface area contributed by atoms with Gasteiger partial charge in [0.25, 0.3) is 28.3 Å². The summed E-state index contributed by atoms with van der Waals surface area (Å²) in [6.07, 6.45) is 0. The fourth-order valence-corrected chi connectivity index (χ4v) is 5.20.